The highest BCUT2D eigenvalue weighted by Gasteiger charge is 2.34. The molecule has 0 aliphatic carbocycles. The van der Waals surface area contributed by atoms with E-state index < -0.39 is 5.91 Å². The van der Waals surface area contributed by atoms with Crippen LogP contribution in [0.4, 0.5) is 0 Å². The molecule has 0 unspecified atom stereocenters. The number of nitrogens with one attached hydrogen (secondary N) is 1. The van der Waals surface area contributed by atoms with Gasteiger partial charge in [-0.15, -0.1) is 16.8 Å². The van der Waals surface area contributed by atoms with Gasteiger partial charge in [0.15, 0.2) is 23.2 Å². The molecule has 0 spiro atoms. The van der Waals surface area contributed by atoms with Crippen LogP contribution in [0.15, 0.2) is 75.8 Å². The Hall–Kier alpha value is -3.52. The van der Waals surface area contributed by atoms with Gasteiger partial charge in [0.05, 0.1) is 18.8 Å². The van der Waals surface area contributed by atoms with Gasteiger partial charge in [-0.25, -0.2) is 0 Å². The molecule has 0 aromatic heterocycles. The quantitative estimate of drug-likeness (QED) is 0.357. The maximum atomic E-state index is 12.5. The van der Waals surface area contributed by atoms with Crippen LogP contribution in [0.1, 0.15) is 19.4 Å². The van der Waals surface area contributed by atoms with E-state index in [1.54, 1.807) is 36.9 Å². The van der Waals surface area contributed by atoms with Crippen molar-refractivity contribution in [3.63, 3.8) is 0 Å². The zero-order chi connectivity index (χ0) is 22.5. The summed E-state index contributed by atoms with van der Waals surface area (Å²) in [5.74, 6) is 2.39. The second-order valence-corrected chi connectivity index (χ2v) is 8.14. The molecule has 1 amide bonds. The minimum atomic E-state index is -0.480. The first kappa shape index (κ1) is 21.7. The Balaban J connectivity index is 1.47. The molecule has 2 aromatic carbocycles. The number of nitrogens with zero attached hydrogens (tertiary/aromatic N) is 2. The summed E-state index contributed by atoms with van der Waals surface area (Å²) in [6, 6.07) is 15.6. The number of ether oxygens (including phenoxy) is 2. The normalized spacial score (nSPS) is 16.4. The topological polar surface area (TPSA) is 84.2 Å². The Bertz CT molecular complexity index is 1130. The summed E-state index contributed by atoms with van der Waals surface area (Å²) in [6.45, 7) is 4.65. The second-order valence-electron chi connectivity index (χ2n) is 6.97. The lowest BCUT2D eigenvalue weighted by atomic mass is 10.1. The molecule has 0 saturated carbocycles. The van der Waals surface area contributed by atoms with E-state index in [-0.39, 0.29) is 11.4 Å². The minimum absolute atomic E-state index is 0.0516. The number of fused-ring (bicyclic) bond motifs is 1. The first-order valence-corrected chi connectivity index (χ1v) is 11.2. The van der Waals surface area contributed by atoms with Crippen LogP contribution >= 0.6 is 11.8 Å². The van der Waals surface area contributed by atoms with Crippen LogP contribution < -0.4 is 9.47 Å². The van der Waals surface area contributed by atoms with E-state index in [0.29, 0.717) is 41.9 Å². The van der Waals surface area contributed by atoms with Crippen molar-refractivity contribution in [2.45, 2.75) is 18.7 Å². The van der Waals surface area contributed by atoms with Gasteiger partial charge in [-0.05, 0) is 49.8 Å². The second kappa shape index (κ2) is 9.74. The maximum absolute atomic E-state index is 12.5. The van der Waals surface area contributed by atoms with E-state index in [4.69, 9.17) is 19.7 Å². The fraction of sp³-hybridized carbons (Fsp3) is 0.208. The molecule has 0 radical (unpaired) electrons. The van der Waals surface area contributed by atoms with Crippen LogP contribution in [0.3, 0.4) is 0 Å². The number of hydrogen-bond donors (Lipinski definition) is 1. The van der Waals surface area contributed by atoms with Crippen molar-refractivity contribution >= 4 is 35.4 Å². The Morgan fingerprint density at radius 1 is 1.16 bits per heavy atom. The van der Waals surface area contributed by atoms with E-state index in [1.807, 2.05) is 37.3 Å². The number of hydroxylamine groups is 2. The van der Waals surface area contributed by atoms with Crippen molar-refractivity contribution in [2.75, 3.05) is 19.0 Å². The highest BCUT2D eigenvalue weighted by Crippen LogP contribution is 2.31. The Labute approximate surface area is 190 Å². The summed E-state index contributed by atoms with van der Waals surface area (Å²) in [6.07, 6.45) is 3.23. The lowest BCUT2D eigenvalue weighted by Crippen LogP contribution is -2.38. The number of amides is 1. The van der Waals surface area contributed by atoms with Crippen molar-refractivity contribution in [1.29, 1.82) is 5.41 Å². The Morgan fingerprint density at radius 3 is 2.75 bits per heavy atom. The van der Waals surface area contributed by atoms with Gasteiger partial charge >= 0.3 is 0 Å². The number of rotatable bonds is 8. The monoisotopic (exact) mass is 449 g/mol. The SMILES string of the molecule is CCOc1cc(/C=C2/C(=N)N3OC(C)=CC3=NC2=O)ccc1OCCSc1ccccc1. The molecular weight excluding hydrogens is 426 g/mol. The van der Waals surface area contributed by atoms with E-state index in [1.165, 1.54) is 9.96 Å². The number of carbonyl (C=O) groups excluding carboxylic acids is 1. The van der Waals surface area contributed by atoms with Crippen LogP contribution in [0, 0.1) is 5.41 Å². The third-order valence-corrected chi connectivity index (χ3v) is 5.59. The molecule has 7 nitrogen and oxygen atoms in total. The van der Waals surface area contributed by atoms with Gasteiger partial charge < -0.3 is 14.3 Å². The molecule has 1 N–H and O–H groups in total. The predicted octanol–water partition coefficient (Wildman–Crippen LogP) is 4.71. The molecule has 164 valence electrons. The van der Waals surface area contributed by atoms with Crippen LogP contribution in [0.2, 0.25) is 0 Å². The van der Waals surface area contributed by atoms with Gasteiger partial charge in [-0.1, -0.05) is 24.3 Å². The van der Waals surface area contributed by atoms with Crippen LogP contribution in [-0.2, 0) is 9.63 Å². The van der Waals surface area contributed by atoms with Crippen molar-refractivity contribution in [3.05, 3.63) is 71.5 Å². The molecule has 2 aliphatic rings. The lowest BCUT2D eigenvalue weighted by molar-refractivity contribution is -0.114. The highest BCUT2D eigenvalue weighted by atomic mass is 32.2. The first-order chi connectivity index (χ1) is 15.5. The average molecular weight is 450 g/mol. The number of thioether (sulfide) groups is 1. The van der Waals surface area contributed by atoms with Crippen LogP contribution in [0.25, 0.3) is 6.08 Å². The summed E-state index contributed by atoms with van der Waals surface area (Å²) in [4.78, 5) is 23.1. The number of benzene rings is 2. The number of allylic oxidation sites excluding steroid dienone is 1. The fourth-order valence-corrected chi connectivity index (χ4v) is 3.95. The molecule has 32 heavy (non-hydrogen) atoms. The molecule has 0 bridgehead atoms. The largest absolute Gasteiger partial charge is 0.490 e. The van der Waals surface area contributed by atoms with Crippen molar-refractivity contribution < 1.29 is 19.1 Å². The zero-order valence-corrected chi connectivity index (χ0v) is 18.6. The van der Waals surface area contributed by atoms with Gasteiger partial charge in [0.1, 0.15) is 5.76 Å². The Morgan fingerprint density at radius 2 is 1.97 bits per heavy atom. The fourth-order valence-electron chi connectivity index (χ4n) is 3.20. The minimum Gasteiger partial charge on any atom is -0.490 e. The summed E-state index contributed by atoms with van der Waals surface area (Å²) < 4.78 is 11.7. The molecular formula is C24H23N3O4S. The third kappa shape index (κ3) is 4.86. The number of aliphatic imine (C=N–C) groups is 1. The summed E-state index contributed by atoms with van der Waals surface area (Å²) in [5.41, 5.74) is 0.849. The van der Waals surface area contributed by atoms with Crippen molar-refractivity contribution in [1.82, 2.24) is 5.06 Å². The molecule has 0 fully saturated rings. The van der Waals surface area contributed by atoms with E-state index in [2.05, 4.69) is 17.1 Å². The Kier molecular flexibility index (Phi) is 6.61. The van der Waals surface area contributed by atoms with Gasteiger partial charge in [0, 0.05) is 16.7 Å². The average Bonchev–Trinajstić information content (AvgIpc) is 3.16. The summed E-state index contributed by atoms with van der Waals surface area (Å²) in [7, 11) is 0. The number of amidine groups is 2. The zero-order valence-electron chi connectivity index (χ0n) is 17.8. The van der Waals surface area contributed by atoms with Gasteiger partial charge in [-0.3, -0.25) is 10.2 Å². The van der Waals surface area contributed by atoms with Crippen molar-refractivity contribution in [2.24, 2.45) is 4.99 Å². The number of hydrogen-bond acceptors (Lipinski definition) is 6. The third-order valence-electron chi connectivity index (χ3n) is 4.61. The predicted molar refractivity (Wildman–Crippen MR) is 125 cm³/mol. The van der Waals surface area contributed by atoms with E-state index >= 15 is 0 Å². The van der Waals surface area contributed by atoms with Gasteiger partial charge in [-0.2, -0.15) is 4.99 Å². The molecule has 2 aromatic rings. The van der Waals surface area contributed by atoms with Gasteiger partial charge in [0.25, 0.3) is 5.91 Å². The first-order valence-electron chi connectivity index (χ1n) is 10.2. The smallest absolute Gasteiger partial charge is 0.282 e. The van der Waals surface area contributed by atoms with E-state index in [0.717, 1.165) is 5.75 Å². The molecule has 0 atom stereocenters. The van der Waals surface area contributed by atoms with Crippen LogP contribution in [-0.4, -0.2) is 41.6 Å². The maximum Gasteiger partial charge on any atom is 0.282 e. The standard InChI is InChI=1S/C24H23N3O4S/c1-3-29-21-15-17(9-10-20(21)30-11-12-32-18-7-5-4-6-8-18)14-19-23(25)27-22(26-24(19)28)13-16(2)31-27/h4-10,13-15,25H,3,11-12H2,1-2H3/b19-14-,25-23?. The summed E-state index contributed by atoms with van der Waals surface area (Å²) >= 11 is 1.72. The molecule has 4 rings (SSSR count). The molecule has 2 heterocycles. The molecule has 0 saturated heterocycles. The van der Waals surface area contributed by atoms with Gasteiger partial charge in [0.2, 0.25) is 0 Å². The molecule has 2 aliphatic heterocycles. The highest BCUT2D eigenvalue weighted by molar-refractivity contribution is 7.99. The molecule has 8 heteroatoms. The lowest BCUT2D eigenvalue weighted by Gasteiger charge is -2.23. The summed E-state index contributed by atoms with van der Waals surface area (Å²) in [5, 5.41) is 9.59. The van der Waals surface area contributed by atoms with Crippen molar-refractivity contribution in [3.8, 4) is 11.5 Å². The number of carbonyl (C=O) groups is 1. The van der Waals surface area contributed by atoms with Crippen LogP contribution in [0.5, 0.6) is 11.5 Å². The van der Waals surface area contributed by atoms with E-state index in [9.17, 15) is 4.79 Å².